The van der Waals surface area contributed by atoms with Gasteiger partial charge in [0.2, 0.25) is 0 Å². The van der Waals surface area contributed by atoms with Crippen LogP contribution < -0.4 is 11.1 Å². The standard InChI is InChI=1S/C8H13BrN4/c1-5(3-10)12-8-7(9)4-11-6(2)13-8/h4-5H,3,10H2,1-2H3,(H,11,12,13). The normalized spacial score (nSPS) is 12.6. The third-order valence-electron chi connectivity index (χ3n) is 1.60. The summed E-state index contributed by atoms with van der Waals surface area (Å²) >= 11 is 3.36. The number of aryl methyl sites for hydroxylation is 1. The molecule has 1 rings (SSSR count). The number of nitrogens with zero attached hydrogens (tertiary/aromatic N) is 2. The van der Waals surface area contributed by atoms with Crippen molar-refractivity contribution in [3.63, 3.8) is 0 Å². The minimum absolute atomic E-state index is 0.214. The molecule has 5 heteroatoms. The largest absolute Gasteiger partial charge is 0.365 e. The molecule has 0 fully saturated rings. The van der Waals surface area contributed by atoms with E-state index in [0.717, 1.165) is 16.1 Å². The predicted octanol–water partition coefficient (Wildman–Crippen LogP) is 1.31. The Labute approximate surface area is 86.1 Å². The van der Waals surface area contributed by atoms with Gasteiger partial charge in [0.25, 0.3) is 0 Å². The number of nitrogens with one attached hydrogen (secondary N) is 1. The average Bonchev–Trinajstić information content (AvgIpc) is 2.11. The number of anilines is 1. The molecule has 1 atom stereocenters. The first-order chi connectivity index (χ1) is 6.13. The Balaban J connectivity index is 2.81. The summed E-state index contributed by atoms with van der Waals surface area (Å²) in [7, 11) is 0. The lowest BCUT2D eigenvalue weighted by Crippen LogP contribution is -2.26. The van der Waals surface area contributed by atoms with E-state index in [1.807, 2.05) is 13.8 Å². The zero-order valence-electron chi connectivity index (χ0n) is 7.71. The van der Waals surface area contributed by atoms with E-state index in [-0.39, 0.29) is 6.04 Å². The fourth-order valence-corrected chi connectivity index (χ4v) is 1.15. The van der Waals surface area contributed by atoms with Gasteiger partial charge in [-0.2, -0.15) is 0 Å². The van der Waals surface area contributed by atoms with Crippen molar-refractivity contribution in [2.75, 3.05) is 11.9 Å². The molecule has 3 N–H and O–H groups in total. The Kier molecular flexibility index (Phi) is 3.62. The molecule has 0 saturated heterocycles. The molecule has 0 aliphatic carbocycles. The van der Waals surface area contributed by atoms with Crippen LogP contribution in [-0.4, -0.2) is 22.6 Å². The number of hydrogen-bond donors (Lipinski definition) is 2. The van der Waals surface area contributed by atoms with Crippen LogP contribution in [0.4, 0.5) is 5.82 Å². The maximum absolute atomic E-state index is 5.49. The summed E-state index contributed by atoms with van der Waals surface area (Å²) in [6, 6.07) is 0.214. The maximum atomic E-state index is 5.49. The second-order valence-electron chi connectivity index (χ2n) is 2.89. The van der Waals surface area contributed by atoms with Crippen molar-refractivity contribution in [3.05, 3.63) is 16.5 Å². The fraction of sp³-hybridized carbons (Fsp3) is 0.500. The smallest absolute Gasteiger partial charge is 0.144 e. The van der Waals surface area contributed by atoms with E-state index in [1.165, 1.54) is 0 Å². The molecule has 1 unspecified atom stereocenters. The van der Waals surface area contributed by atoms with Gasteiger partial charge in [-0.3, -0.25) is 0 Å². The monoisotopic (exact) mass is 244 g/mol. The van der Waals surface area contributed by atoms with Gasteiger partial charge in [0.1, 0.15) is 11.6 Å². The van der Waals surface area contributed by atoms with Crippen LogP contribution >= 0.6 is 15.9 Å². The van der Waals surface area contributed by atoms with Gasteiger partial charge < -0.3 is 11.1 Å². The van der Waals surface area contributed by atoms with Crippen LogP contribution in [0.5, 0.6) is 0 Å². The van der Waals surface area contributed by atoms with Crippen molar-refractivity contribution in [1.82, 2.24) is 9.97 Å². The number of rotatable bonds is 3. The average molecular weight is 245 g/mol. The number of aromatic nitrogens is 2. The first-order valence-corrected chi connectivity index (χ1v) is 4.88. The molecule has 0 amide bonds. The number of nitrogens with two attached hydrogens (primary N) is 1. The van der Waals surface area contributed by atoms with E-state index in [2.05, 4.69) is 31.2 Å². The molecular weight excluding hydrogens is 232 g/mol. The van der Waals surface area contributed by atoms with Gasteiger partial charge in [0, 0.05) is 18.8 Å². The SMILES string of the molecule is Cc1ncc(Br)c(NC(C)CN)n1. The Morgan fingerprint density at radius 1 is 1.69 bits per heavy atom. The lowest BCUT2D eigenvalue weighted by atomic mass is 10.3. The lowest BCUT2D eigenvalue weighted by Gasteiger charge is -2.13. The van der Waals surface area contributed by atoms with Gasteiger partial charge in [-0.1, -0.05) is 0 Å². The molecule has 4 nitrogen and oxygen atoms in total. The third kappa shape index (κ3) is 2.93. The molecule has 0 aliphatic rings. The topological polar surface area (TPSA) is 63.8 Å². The molecular formula is C8H13BrN4. The lowest BCUT2D eigenvalue weighted by molar-refractivity contribution is 0.794. The third-order valence-corrected chi connectivity index (χ3v) is 2.18. The first kappa shape index (κ1) is 10.4. The predicted molar refractivity (Wildman–Crippen MR) is 56.6 cm³/mol. The summed E-state index contributed by atoms with van der Waals surface area (Å²) in [6.45, 7) is 4.43. The van der Waals surface area contributed by atoms with E-state index in [4.69, 9.17) is 5.73 Å². The van der Waals surface area contributed by atoms with Crippen molar-refractivity contribution in [3.8, 4) is 0 Å². The minimum Gasteiger partial charge on any atom is -0.365 e. The Hall–Kier alpha value is -0.680. The molecule has 0 radical (unpaired) electrons. The summed E-state index contributed by atoms with van der Waals surface area (Å²) in [5.41, 5.74) is 5.49. The highest BCUT2D eigenvalue weighted by atomic mass is 79.9. The zero-order valence-corrected chi connectivity index (χ0v) is 9.30. The summed E-state index contributed by atoms with van der Waals surface area (Å²) in [5.74, 6) is 1.54. The van der Waals surface area contributed by atoms with Gasteiger partial charge in [0.15, 0.2) is 0 Å². The fourth-order valence-electron chi connectivity index (χ4n) is 0.849. The van der Waals surface area contributed by atoms with Crippen molar-refractivity contribution >= 4 is 21.7 Å². The van der Waals surface area contributed by atoms with E-state index in [9.17, 15) is 0 Å². The Morgan fingerprint density at radius 3 is 3.00 bits per heavy atom. The molecule has 0 bridgehead atoms. The van der Waals surface area contributed by atoms with Gasteiger partial charge in [0.05, 0.1) is 4.47 Å². The molecule has 1 heterocycles. The first-order valence-electron chi connectivity index (χ1n) is 4.09. The van der Waals surface area contributed by atoms with Crippen LogP contribution in [-0.2, 0) is 0 Å². The van der Waals surface area contributed by atoms with Crippen molar-refractivity contribution < 1.29 is 0 Å². The number of halogens is 1. The second-order valence-corrected chi connectivity index (χ2v) is 3.75. The molecule has 1 aromatic rings. The summed E-state index contributed by atoms with van der Waals surface area (Å²) in [5, 5.41) is 3.18. The van der Waals surface area contributed by atoms with Crippen molar-refractivity contribution in [2.24, 2.45) is 5.73 Å². The van der Waals surface area contributed by atoms with Crippen LogP contribution in [0.1, 0.15) is 12.7 Å². The van der Waals surface area contributed by atoms with Crippen LogP contribution in [0.3, 0.4) is 0 Å². The summed E-state index contributed by atoms with van der Waals surface area (Å²) < 4.78 is 0.860. The van der Waals surface area contributed by atoms with Gasteiger partial charge >= 0.3 is 0 Å². The highest BCUT2D eigenvalue weighted by Gasteiger charge is 2.05. The zero-order chi connectivity index (χ0) is 9.84. The molecule has 13 heavy (non-hydrogen) atoms. The van der Waals surface area contributed by atoms with Crippen LogP contribution in [0.2, 0.25) is 0 Å². The van der Waals surface area contributed by atoms with E-state index < -0.39 is 0 Å². The van der Waals surface area contributed by atoms with Crippen molar-refractivity contribution in [2.45, 2.75) is 19.9 Å². The van der Waals surface area contributed by atoms with Crippen LogP contribution in [0, 0.1) is 6.92 Å². The van der Waals surface area contributed by atoms with Gasteiger partial charge in [-0.05, 0) is 29.8 Å². The molecule has 1 aromatic heterocycles. The Morgan fingerprint density at radius 2 is 2.38 bits per heavy atom. The highest BCUT2D eigenvalue weighted by Crippen LogP contribution is 2.18. The maximum Gasteiger partial charge on any atom is 0.144 e. The molecule has 0 saturated carbocycles. The van der Waals surface area contributed by atoms with E-state index in [1.54, 1.807) is 6.20 Å². The summed E-state index contributed by atoms with van der Waals surface area (Å²) in [6.07, 6.45) is 1.73. The summed E-state index contributed by atoms with van der Waals surface area (Å²) in [4.78, 5) is 8.28. The molecule has 0 aromatic carbocycles. The minimum atomic E-state index is 0.214. The quantitative estimate of drug-likeness (QED) is 0.842. The highest BCUT2D eigenvalue weighted by molar-refractivity contribution is 9.10. The molecule has 0 spiro atoms. The van der Waals surface area contributed by atoms with Gasteiger partial charge in [-0.25, -0.2) is 9.97 Å². The van der Waals surface area contributed by atoms with Crippen LogP contribution in [0.25, 0.3) is 0 Å². The van der Waals surface area contributed by atoms with Crippen molar-refractivity contribution in [1.29, 1.82) is 0 Å². The Bertz CT molecular complexity index is 289. The van der Waals surface area contributed by atoms with E-state index >= 15 is 0 Å². The van der Waals surface area contributed by atoms with Gasteiger partial charge in [-0.15, -0.1) is 0 Å². The van der Waals surface area contributed by atoms with E-state index in [0.29, 0.717) is 6.54 Å². The number of hydrogen-bond acceptors (Lipinski definition) is 4. The second kappa shape index (κ2) is 4.53. The molecule has 0 aliphatic heterocycles. The van der Waals surface area contributed by atoms with Crippen LogP contribution in [0.15, 0.2) is 10.7 Å². The molecule has 72 valence electrons.